The van der Waals surface area contributed by atoms with Gasteiger partial charge in [0.2, 0.25) is 21.1 Å². The number of anilines is 2. The fraction of sp³-hybridized carbons (Fsp3) is 0.353. The number of aromatic nitrogens is 2. The lowest BCUT2D eigenvalue weighted by Crippen LogP contribution is -2.31. The second-order valence-electron chi connectivity index (χ2n) is 5.66. The third-order valence-corrected chi connectivity index (χ3v) is 6.65. The van der Waals surface area contributed by atoms with Crippen molar-refractivity contribution in [3.63, 3.8) is 0 Å². The van der Waals surface area contributed by atoms with Crippen molar-refractivity contribution >= 4 is 49.8 Å². The molecule has 152 valence electrons. The van der Waals surface area contributed by atoms with Gasteiger partial charge in [0.25, 0.3) is 0 Å². The summed E-state index contributed by atoms with van der Waals surface area (Å²) < 4.78 is 31.4. The fourth-order valence-corrected chi connectivity index (χ4v) is 4.75. The van der Waals surface area contributed by atoms with Gasteiger partial charge in [0.15, 0.2) is 4.34 Å². The summed E-state index contributed by atoms with van der Waals surface area (Å²) in [6.07, 6.45) is 3.41. The molecule has 0 aliphatic heterocycles. The molecule has 0 aliphatic carbocycles. The van der Waals surface area contributed by atoms with E-state index >= 15 is 0 Å². The third kappa shape index (κ3) is 6.80. The van der Waals surface area contributed by atoms with Gasteiger partial charge in [-0.15, -0.1) is 16.8 Å². The number of methoxy groups -OCH3 is 1. The predicted octanol–water partition coefficient (Wildman–Crippen LogP) is 3.01. The van der Waals surface area contributed by atoms with Crippen LogP contribution in [0.2, 0.25) is 0 Å². The first-order valence-corrected chi connectivity index (χ1v) is 12.0. The Hall–Kier alpha value is -2.11. The number of nitrogens with one attached hydrogen (secondary N) is 1. The lowest BCUT2D eigenvalue weighted by atomic mass is 10.2. The molecule has 11 heteroatoms. The summed E-state index contributed by atoms with van der Waals surface area (Å²) in [7, 11) is -1.97. The number of hydrogen-bond donors (Lipinski definition) is 1. The Kier molecular flexibility index (Phi) is 8.27. The van der Waals surface area contributed by atoms with E-state index < -0.39 is 10.0 Å². The molecular formula is C17H22N4O4S3. The highest BCUT2D eigenvalue weighted by molar-refractivity contribution is 8.01. The van der Waals surface area contributed by atoms with Crippen molar-refractivity contribution in [1.29, 1.82) is 0 Å². The Labute approximate surface area is 173 Å². The summed E-state index contributed by atoms with van der Waals surface area (Å²) in [5.74, 6) is 1.04. The van der Waals surface area contributed by atoms with Crippen LogP contribution in [0.5, 0.6) is 5.75 Å². The normalized spacial score (nSPS) is 11.1. The second-order valence-corrected chi connectivity index (χ2v) is 9.81. The third-order valence-electron chi connectivity index (χ3n) is 3.48. The maximum Gasteiger partial charge on any atom is 0.232 e. The molecule has 0 fully saturated rings. The van der Waals surface area contributed by atoms with Crippen molar-refractivity contribution in [1.82, 2.24) is 10.2 Å². The van der Waals surface area contributed by atoms with Crippen LogP contribution in [0.25, 0.3) is 0 Å². The number of amides is 1. The van der Waals surface area contributed by atoms with Crippen molar-refractivity contribution in [2.75, 3.05) is 35.3 Å². The monoisotopic (exact) mass is 442 g/mol. The van der Waals surface area contributed by atoms with Gasteiger partial charge in [0.05, 0.1) is 19.1 Å². The molecule has 2 rings (SSSR count). The van der Waals surface area contributed by atoms with E-state index in [0.29, 0.717) is 28.7 Å². The van der Waals surface area contributed by atoms with E-state index in [1.165, 1.54) is 34.5 Å². The fourth-order valence-electron chi connectivity index (χ4n) is 2.27. The number of rotatable bonds is 11. The highest BCUT2D eigenvalue weighted by atomic mass is 32.2. The summed E-state index contributed by atoms with van der Waals surface area (Å²) in [4.78, 5) is 12.1. The van der Waals surface area contributed by atoms with Crippen molar-refractivity contribution in [3.05, 3.63) is 36.9 Å². The lowest BCUT2D eigenvalue weighted by molar-refractivity contribution is -0.116. The van der Waals surface area contributed by atoms with Gasteiger partial charge >= 0.3 is 0 Å². The van der Waals surface area contributed by atoms with Gasteiger partial charge in [-0.05, 0) is 18.6 Å². The lowest BCUT2D eigenvalue weighted by Gasteiger charge is -2.22. The van der Waals surface area contributed by atoms with Crippen LogP contribution in [0.15, 0.2) is 41.3 Å². The Balaban J connectivity index is 1.92. The van der Waals surface area contributed by atoms with Gasteiger partial charge in [-0.3, -0.25) is 9.10 Å². The van der Waals surface area contributed by atoms with Crippen molar-refractivity contribution < 1.29 is 17.9 Å². The second kappa shape index (κ2) is 10.4. The number of ether oxygens (including phenoxy) is 1. The first-order valence-electron chi connectivity index (χ1n) is 8.32. The number of sulfonamides is 1. The van der Waals surface area contributed by atoms with Crippen LogP contribution >= 0.6 is 23.1 Å². The zero-order valence-corrected chi connectivity index (χ0v) is 18.1. The van der Waals surface area contributed by atoms with E-state index in [-0.39, 0.29) is 18.9 Å². The SMILES string of the molecule is C=CCSc1nnc(NC(=O)CCCN(c2cccc(OC)c2)S(C)(=O)=O)s1. The average molecular weight is 443 g/mol. The maximum absolute atomic E-state index is 12.1. The van der Waals surface area contributed by atoms with Gasteiger partial charge in [-0.1, -0.05) is 35.2 Å². The van der Waals surface area contributed by atoms with E-state index in [4.69, 9.17) is 4.74 Å². The Morgan fingerprint density at radius 1 is 1.43 bits per heavy atom. The number of nitrogens with zero attached hydrogens (tertiary/aromatic N) is 3. The van der Waals surface area contributed by atoms with Crippen LogP contribution in [0.4, 0.5) is 10.8 Å². The molecule has 0 spiro atoms. The maximum atomic E-state index is 12.1. The first-order chi connectivity index (χ1) is 13.3. The van der Waals surface area contributed by atoms with E-state index in [1.807, 2.05) is 0 Å². The molecule has 1 aromatic carbocycles. The van der Waals surface area contributed by atoms with E-state index in [2.05, 4.69) is 22.1 Å². The summed E-state index contributed by atoms with van der Waals surface area (Å²) in [5.41, 5.74) is 0.496. The van der Waals surface area contributed by atoms with Crippen LogP contribution < -0.4 is 14.4 Å². The number of benzene rings is 1. The Morgan fingerprint density at radius 2 is 2.21 bits per heavy atom. The topological polar surface area (TPSA) is 101 Å². The molecule has 0 atom stereocenters. The average Bonchev–Trinajstić information content (AvgIpc) is 3.09. The molecule has 1 heterocycles. The molecule has 2 aromatic rings. The highest BCUT2D eigenvalue weighted by Crippen LogP contribution is 2.26. The van der Waals surface area contributed by atoms with E-state index in [1.54, 1.807) is 30.3 Å². The molecule has 0 saturated heterocycles. The quantitative estimate of drug-likeness (QED) is 0.324. The van der Waals surface area contributed by atoms with Gasteiger partial charge in [-0.2, -0.15) is 0 Å². The molecule has 0 saturated carbocycles. The van der Waals surface area contributed by atoms with Crippen molar-refractivity contribution in [2.45, 2.75) is 17.2 Å². The minimum Gasteiger partial charge on any atom is -0.497 e. The summed E-state index contributed by atoms with van der Waals surface area (Å²) in [6.45, 7) is 3.82. The molecular weight excluding hydrogens is 420 g/mol. The van der Waals surface area contributed by atoms with E-state index in [9.17, 15) is 13.2 Å². The zero-order valence-electron chi connectivity index (χ0n) is 15.6. The predicted molar refractivity (Wildman–Crippen MR) is 114 cm³/mol. The molecule has 8 nitrogen and oxygen atoms in total. The van der Waals surface area contributed by atoms with Gasteiger partial charge in [0, 0.05) is 24.8 Å². The Morgan fingerprint density at radius 3 is 2.89 bits per heavy atom. The van der Waals surface area contributed by atoms with Gasteiger partial charge in [-0.25, -0.2) is 8.42 Å². The smallest absolute Gasteiger partial charge is 0.232 e. The highest BCUT2D eigenvalue weighted by Gasteiger charge is 2.18. The standard InChI is InChI=1S/C17H22N4O4S3/c1-4-11-26-17-20-19-16(27-17)18-15(22)9-6-10-21(28(3,23)24)13-7-5-8-14(12-13)25-2/h4-5,7-8,12H,1,6,9-11H2,2-3H3,(H,18,19,22). The molecule has 1 amide bonds. The van der Waals surface area contributed by atoms with Crippen molar-refractivity contribution in [2.24, 2.45) is 0 Å². The van der Waals surface area contributed by atoms with Crippen molar-refractivity contribution in [3.8, 4) is 5.75 Å². The molecule has 0 radical (unpaired) electrons. The molecule has 0 bridgehead atoms. The molecule has 0 aliphatic rings. The van der Waals surface area contributed by atoms with Gasteiger partial charge in [0.1, 0.15) is 5.75 Å². The largest absolute Gasteiger partial charge is 0.497 e. The van der Waals surface area contributed by atoms with Crippen LogP contribution in [0, 0.1) is 0 Å². The van der Waals surface area contributed by atoms with Gasteiger partial charge < -0.3 is 10.1 Å². The molecule has 1 N–H and O–H groups in total. The van der Waals surface area contributed by atoms with Crippen LogP contribution in [-0.4, -0.2) is 50.2 Å². The van der Waals surface area contributed by atoms with Crippen LogP contribution in [0.3, 0.4) is 0 Å². The summed E-state index contributed by atoms with van der Waals surface area (Å²) in [5, 5.41) is 11.0. The van der Waals surface area contributed by atoms with E-state index in [0.717, 1.165) is 10.6 Å². The minimum absolute atomic E-state index is 0.157. The molecule has 28 heavy (non-hydrogen) atoms. The van der Waals surface area contributed by atoms with Crippen LogP contribution in [-0.2, 0) is 14.8 Å². The number of carbonyl (C=O) groups is 1. The molecule has 1 aromatic heterocycles. The summed E-state index contributed by atoms with van der Waals surface area (Å²) >= 11 is 2.77. The minimum atomic E-state index is -3.49. The number of thioether (sulfide) groups is 1. The first kappa shape index (κ1) is 22.2. The van der Waals surface area contributed by atoms with Crippen LogP contribution in [0.1, 0.15) is 12.8 Å². The number of carbonyl (C=O) groups excluding carboxylic acids is 1. The number of hydrogen-bond acceptors (Lipinski definition) is 8. The molecule has 0 unspecified atom stereocenters. The summed E-state index contributed by atoms with van der Waals surface area (Å²) in [6, 6.07) is 6.79. The Bertz CT molecular complexity index is 915. The zero-order chi connectivity index (χ0) is 20.6.